The second kappa shape index (κ2) is 4.71. The Labute approximate surface area is 116 Å². The van der Waals surface area contributed by atoms with E-state index in [1.807, 2.05) is 0 Å². The molecule has 3 N–H and O–H groups in total. The van der Waals surface area contributed by atoms with E-state index in [-0.39, 0.29) is 10.6 Å². The van der Waals surface area contributed by atoms with Gasteiger partial charge in [-0.3, -0.25) is 0 Å². The van der Waals surface area contributed by atoms with Gasteiger partial charge in [-0.25, -0.2) is 22.7 Å². The number of hydrogen-bond donors (Lipinski definition) is 2. The van der Waals surface area contributed by atoms with E-state index in [1.165, 1.54) is 24.0 Å². The normalized spacial score (nSPS) is 23.1. The van der Waals surface area contributed by atoms with Crippen LogP contribution in [0.1, 0.15) is 19.8 Å². The van der Waals surface area contributed by atoms with E-state index in [0.29, 0.717) is 19.4 Å². The third kappa shape index (κ3) is 2.36. The molecule has 1 aromatic rings. The van der Waals surface area contributed by atoms with Gasteiger partial charge in [-0.05, 0) is 38.0 Å². The largest absolute Gasteiger partial charge is 0.480 e. The van der Waals surface area contributed by atoms with Gasteiger partial charge in [-0.1, -0.05) is 0 Å². The Hall–Kier alpha value is -1.67. The number of carbonyl (C=O) groups is 1. The van der Waals surface area contributed by atoms with Crippen LogP contribution in [-0.2, 0) is 14.8 Å². The SMILES string of the molecule is CC1(C(=O)O)CCCN1c1ccc(S(N)(=O)=O)cc1F. The number of nitrogens with zero attached hydrogens (tertiary/aromatic N) is 1. The van der Waals surface area contributed by atoms with E-state index >= 15 is 0 Å². The molecule has 0 bridgehead atoms. The Bertz CT molecular complexity index is 661. The average Bonchev–Trinajstić information content (AvgIpc) is 2.71. The highest BCUT2D eigenvalue weighted by molar-refractivity contribution is 7.89. The van der Waals surface area contributed by atoms with Crippen molar-refractivity contribution in [2.24, 2.45) is 5.14 Å². The summed E-state index contributed by atoms with van der Waals surface area (Å²) in [6.07, 6.45) is 1.03. The minimum atomic E-state index is -3.99. The van der Waals surface area contributed by atoms with Gasteiger partial charge >= 0.3 is 5.97 Å². The highest BCUT2D eigenvalue weighted by Gasteiger charge is 2.44. The van der Waals surface area contributed by atoms with Gasteiger partial charge in [0, 0.05) is 6.54 Å². The molecule has 1 fully saturated rings. The van der Waals surface area contributed by atoms with Crippen molar-refractivity contribution in [3.05, 3.63) is 24.0 Å². The summed E-state index contributed by atoms with van der Waals surface area (Å²) < 4.78 is 36.4. The van der Waals surface area contributed by atoms with Crippen LogP contribution in [0.2, 0.25) is 0 Å². The van der Waals surface area contributed by atoms with Crippen LogP contribution in [0.25, 0.3) is 0 Å². The monoisotopic (exact) mass is 302 g/mol. The van der Waals surface area contributed by atoms with Gasteiger partial charge in [-0.2, -0.15) is 0 Å². The lowest BCUT2D eigenvalue weighted by Crippen LogP contribution is -2.48. The van der Waals surface area contributed by atoms with Crippen LogP contribution >= 0.6 is 0 Å². The minimum absolute atomic E-state index is 0.0693. The molecule has 1 heterocycles. The van der Waals surface area contributed by atoms with E-state index in [0.717, 1.165) is 6.07 Å². The van der Waals surface area contributed by atoms with Gasteiger partial charge in [0.05, 0.1) is 10.6 Å². The van der Waals surface area contributed by atoms with Crippen molar-refractivity contribution in [1.82, 2.24) is 0 Å². The quantitative estimate of drug-likeness (QED) is 0.864. The van der Waals surface area contributed by atoms with E-state index in [1.54, 1.807) is 0 Å². The summed E-state index contributed by atoms with van der Waals surface area (Å²) in [6, 6.07) is 3.24. The van der Waals surface area contributed by atoms with Gasteiger partial charge in [0.25, 0.3) is 0 Å². The van der Waals surface area contributed by atoms with Crippen LogP contribution < -0.4 is 10.0 Å². The van der Waals surface area contributed by atoms with Crippen molar-refractivity contribution in [1.29, 1.82) is 0 Å². The Kier molecular flexibility index (Phi) is 3.47. The fourth-order valence-electron chi connectivity index (χ4n) is 2.46. The van der Waals surface area contributed by atoms with Crippen LogP contribution in [-0.4, -0.2) is 31.6 Å². The molecule has 110 valence electrons. The summed E-state index contributed by atoms with van der Waals surface area (Å²) in [5, 5.41) is 14.2. The second-order valence-electron chi connectivity index (χ2n) is 4.99. The predicted octanol–water partition coefficient (Wildman–Crippen LogP) is 0.917. The zero-order valence-electron chi connectivity index (χ0n) is 10.8. The second-order valence-corrected chi connectivity index (χ2v) is 6.55. The number of rotatable bonds is 3. The van der Waals surface area contributed by atoms with Crippen molar-refractivity contribution in [2.45, 2.75) is 30.2 Å². The molecule has 0 spiro atoms. The molecule has 1 unspecified atom stereocenters. The number of primary sulfonamides is 1. The van der Waals surface area contributed by atoms with Crippen molar-refractivity contribution in [3.63, 3.8) is 0 Å². The smallest absolute Gasteiger partial charge is 0.329 e. The third-order valence-corrected chi connectivity index (χ3v) is 4.55. The standard InChI is InChI=1S/C12H15FN2O4S/c1-12(11(16)17)5-2-6-15(12)10-4-3-8(7-9(10)13)20(14,18)19/h3-4,7H,2,5-6H2,1H3,(H,16,17)(H2,14,18,19). The molecule has 0 aliphatic carbocycles. The molecule has 2 rings (SSSR count). The molecule has 1 atom stereocenters. The number of nitrogens with two attached hydrogens (primary N) is 1. The van der Waals surface area contributed by atoms with Crippen LogP contribution in [0.4, 0.5) is 10.1 Å². The maximum atomic E-state index is 14.1. The Morgan fingerprint density at radius 3 is 2.65 bits per heavy atom. The summed E-state index contributed by atoms with van der Waals surface area (Å²) >= 11 is 0. The molecule has 0 radical (unpaired) electrons. The maximum Gasteiger partial charge on any atom is 0.329 e. The summed E-state index contributed by atoms with van der Waals surface area (Å²) in [6.45, 7) is 1.92. The van der Waals surface area contributed by atoms with Crippen LogP contribution in [0.15, 0.2) is 23.1 Å². The Morgan fingerprint density at radius 1 is 1.50 bits per heavy atom. The first-order valence-corrected chi connectivity index (χ1v) is 7.54. The topological polar surface area (TPSA) is 101 Å². The average molecular weight is 302 g/mol. The van der Waals surface area contributed by atoms with Crippen molar-refractivity contribution < 1.29 is 22.7 Å². The van der Waals surface area contributed by atoms with E-state index in [9.17, 15) is 22.7 Å². The molecule has 0 amide bonds. The van der Waals surface area contributed by atoms with Crippen LogP contribution in [0, 0.1) is 5.82 Å². The van der Waals surface area contributed by atoms with Crippen LogP contribution in [0.3, 0.4) is 0 Å². The lowest BCUT2D eigenvalue weighted by Gasteiger charge is -2.33. The first-order valence-electron chi connectivity index (χ1n) is 5.99. The molecule has 1 aliphatic rings. The van der Waals surface area contributed by atoms with E-state index in [4.69, 9.17) is 5.14 Å². The number of carboxylic acid groups (broad SMARTS) is 1. The van der Waals surface area contributed by atoms with Gasteiger partial charge < -0.3 is 10.0 Å². The highest BCUT2D eigenvalue weighted by Crippen LogP contribution is 2.36. The zero-order valence-corrected chi connectivity index (χ0v) is 11.7. The molecule has 1 saturated heterocycles. The van der Waals surface area contributed by atoms with Crippen molar-refractivity contribution in [3.8, 4) is 0 Å². The highest BCUT2D eigenvalue weighted by atomic mass is 32.2. The van der Waals surface area contributed by atoms with Gasteiger partial charge in [0.1, 0.15) is 11.4 Å². The number of hydrogen-bond acceptors (Lipinski definition) is 4. The molecule has 0 saturated carbocycles. The third-order valence-electron chi connectivity index (χ3n) is 3.64. The number of carboxylic acids is 1. The molecule has 1 aromatic carbocycles. The molecular weight excluding hydrogens is 287 g/mol. The number of anilines is 1. The minimum Gasteiger partial charge on any atom is -0.480 e. The zero-order chi connectivity index (χ0) is 15.1. The van der Waals surface area contributed by atoms with E-state index in [2.05, 4.69) is 0 Å². The van der Waals surface area contributed by atoms with Gasteiger partial charge in [-0.15, -0.1) is 0 Å². The maximum absolute atomic E-state index is 14.1. The fraction of sp³-hybridized carbons (Fsp3) is 0.417. The van der Waals surface area contributed by atoms with Crippen LogP contribution in [0.5, 0.6) is 0 Å². The van der Waals surface area contributed by atoms with Gasteiger partial charge in [0.15, 0.2) is 0 Å². The first kappa shape index (κ1) is 14.7. The summed E-state index contributed by atoms with van der Waals surface area (Å²) in [5.74, 6) is -1.84. The van der Waals surface area contributed by atoms with Gasteiger partial charge in [0.2, 0.25) is 10.0 Å². The Morgan fingerprint density at radius 2 is 2.15 bits per heavy atom. The number of sulfonamides is 1. The number of aliphatic carboxylic acids is 1. The molecule has 1 aliphatic heterocycles. The fourth-order valence-corrected chi connectivity index (χ4v) is 2.98. The summed E-state index contributed by atoms with van der Waals surface area (Å²) in [7, 11) is -3.99. The number of benzene rings is 1. The number of halogens is 1. The Balaban J connectivity index is 2.47. The first-order chi connectivity index (χ1) is 9.16. The lowest BCUT2D eigenvalue weighted by molar-refractivity contribution is -0.142. The van der Waals surface area contributed by atoms with Crippen molar-refractivity contribution in [2.75, 3.05) is 11.4 Å². The molecule has 6 nitrogen and oxygen atoms in total. The molecular formula is C12H15FN2O4S. The summed E-state index contributed by atoms with van der Waals surface area (Å²) in [4.78, 5) is 12.5. The molecule has 20 heavy (non-hydrogen) atoms. The van der Waals surface area contributed by atoms with E-state index < -0.39 is 27.3 Å². The lowest BCUT2D eigenvalue weighted by atomic mass is 9.99. The van der Waals surface area contributed by atoms with Crippen molar-refractivity contribution >= 4 is 21.7 Å². The predicted molar refractivity (Wildman–Crippen MR) is 70.4 cm³/mol. The molecule has 8 heteroatoms. The molecule has 0 aromatic heterocycles. The summed E-state index contributed by atoms with van der Waals surface area (Å²) in [5.41, 5.74) is -1.12.